The van der Waals surface area contributed by atoms with Crippen LogP contribution in [0, 0.1) is 0 Å². The van der Waals surface area contributed by atoms with Gasteiger partial charge in [-0.1, -0.05) is 31.4 Å². The normalized spacial score (nSPS) is 17.4. The first-order chi connectivity index (χ1) is 9.45. The summed E-state index contributed by atoms with van der Waals surface area (Å²) in [5, 5.41) is 11.0. The van der Waals surface area contributed by atoms with Gasteiger partial charge in [0.15, 0.2) is 0 Å². The molecular weight excluding hydrogens is 276 g/mol. The SMILES string of the molecule is CCCn1cc(Cl)cc1C(=O)N(C)CC1(O)CCCC1. The Morgan fingerprint density at radius 3 is 2.75 bits per heavy atom. The maximum Gasteiger partial charge on any atom is 0.270 e. The second-order valence-electron chi connectivity index (χ2n) is 5.83. The molecule has 1 aromatic heterocycles. The molecule has 1 N–H and O–H groups in total. The summed E-state index contributed by atoms with van der Waals surface area (Å²) in [7, 11) is 1.75. The van der Waals surface area contributed by atoms with Crippen LogP contribution in [-0.2, 0) is 6.54 Å². The van der Waals surface area contributed by atoms with E-state index in [1.54, 1.807) is 24.2 Å². The monoisotopic (exact) mass is 298 g/mol. The van der Waals surface area contributed by atoms with Gasteiger partial charge in [0.25, 0.3) is 5.91 Å². The summed E-state index contributed by atoms with van der Waals surface area (Å²) < 4.78 is 1.89. The zero-order valence-corrected chi connectivity index (χ0v) is 13.0. The van der Waals surface area contributed by atoms with E-state index in [1.165, 1.54) is 0 Å². The molecule has 112 valence electrons. The van der Waals surface area contributed by atoms with Crippen LogP contribution in [0.3, 0.4) is 0 Å². The van der Waals surface area contributed by atoms with E-state index in [2.05, 4.69) is 6.92 Å². The van der Waals surface area contributed by atoms with Crippen molar-refractivity contribution in [2.75, 3.05) is 13.6 Å². The maximum absolute atomic E-state index is 12.5. The van der Waals surface area contributed by atoms with E-state index < -0.39 is 5.60 Å². The van der Waals surface area contributed by atoms with Crippen LogP contribution in [0.25, 0.3) is 0 Å². The number of hydrogen-bond acceptors (Lipinski definition) is 2. The number of carbonyl (C=O) groups excluding carboxylic acids is 1. The van der Waals surface area contributed by atoms with Crippen molar-refractivity contribution in [2.24, 2.45) is 0 Å². The van der Waals surface area contributed by atoms with Crippen molar-refractivity contribution in [3.63, 3.8) is 0 Å². The minimum absolute atomic E-state index is 0.0781. The third-order valence-electron chi connectivity index (χ3n) is 3.96. The highest BCUT2D eigenvalue weighted by molar-refractivity contribution is 6.31. The molecule has 1 aliphatic carbocycles. The van der Waals surface area contributed by atoms with Crippen molar-refractivity contribution in [2.45, 2.75) is 51.2 Å². The molecule has 1 aliphatic rings. The van der Waals surface area contributed by atoms with Gasteiger partial charge in [0, 0.05) is 26.3 Å². The van der Waals surface area contributed by atoms with Gasteiger partial charge in [-0.25, -0.2) is 0 Å². The highest BCUT2D eigenvalue weighted by Gasteiger charge is 2.34. The highest BCUT2D eigenvalue weighted by Crippen LogP contribution is 2.30. The van der Waals surface area contributed by atoms with Crippen LogP contribution in [0.4, 0.5) is 0 Å². The Kier molecular flexibility index (Phi) is 4.76. The predicted octanol–water partition coefficient (Wildman–Crippen LogP) is 2.93. The summed E-state index contributed by atoms with van der Waals surface area (Å²) in [6, 6.07) is 1.70. The van der Waals surface area contributed by atoms with Crippen LogP contribution < -0.4 is 0 Å². The van der Waals surface area contributed by atoms with Gasteiger partial charge < -0.3 is 14.6 Å². The first-order valence-corrected chi connectivity index (χ1v) is 7.66. The Balaban J connectivity index is 2.10. The number of nitrogens with zero attached hydrogens (tertiary/aromatic N) is 2. The lowest BCUT2D eigenvalue weighted by molar-refractivity contribution is 0.0153. The topological polar surface area (TPSA) is 45.5 Å². The van der Waals surface area contributed by atoms with E-state index in [0.29, 0.717) is 17.3 Å². The van der Waals surface area contributed by atoms with Gasteiger partial charge in [-0.2, -0.15) is 0 Å². The van der Waals surface area contributed by atoms with Gasteiger partial charge in [-0.15, -0.1) is 0 Å². The number of aliphatic hydroxyl groups is 1. The molecular formula is C15H23ClN2O2. The quantitative estimate of drug-likeness (QED) is 0.908. The van der Waals surface area contributed by atoms with Gasteiger partial charge in [-0.05, 0) is 25.3 Å². The van der Waals surface area contributed by atoms with Crippen molar-refractivity contribution in [3.05, 3.63) is 23.0 Å². The van der Waals surface area contributed by atoms with Crippen LogP contribution in [0.15, 0.2) is 12.3 Å². The molecule has 0 bridgehead atoms. The van der Waals surface area contributed by atoms with Gasteiger partial charge in [-0.3, -0.25) is 4.79 Å². The number of amides is 1. The summed E-state index contributed by atoms with van der Waals surface area (Å²) in [4.78, 5) is 14.1. The van der Waals surface area contributed by atoms with E-state index in [1.807, 2.05) is 4.57 Å². The van der Waals surface area contributed by atoms with Crippen LogP contribution in [0.5, 0.6) is 0 Å². The lowest BCUT2D eigenvalue weighted by Crippen LogP contribution is -2.42. The molecule has 4 nitrogen and oxygen atoms in total. The molecule has 0 radical (unpaired) electrons. The molecule has 0 saturated heterocycles. The Morgan fingerprint density at radius 2 is 2.15 bits per heavy atom. The Hall–Kier alpha value is -1.00. The molecule has 1 fully saturated rings. The average molecular weight is 299 g/mol. The van der Waals surface area contributed by atoms with Gasteiger partial charge in [0.2, 0.25) is 0 Å². The zero-order chi connectivity index (χ0) is 14.8. The Morgan fingerprint density at radius 1 is 1.50 bits per heavy atom. The Bertz CT molecular complexity index is 478. The minimum atomic E-state index is -0.712. The van der Waals surface area contributed by atoms with Crippen LogP contribution >= 0.6 is 11.6 Å². The lowest BCUT2D eigenvalue weighted by Gasteiger charge is -2.28. The molecule has 0 aromatic carbocycles. The van der Waals surface area contributed by atoms with Gasteiger partial charge in [0.05, 0.1) is 10.6 Å². The number of carbonyl (C=O) groups is 1. The third-order valence-corrected chi connectivity index (χ3v) is 4.17. The summed E-state index contributed by atoms with van der Waals surface area (Å²) >= 11 is 6.01. The number of halogens is 1. The third kappa shape index (κ3) is 3.36. The lowest BCUT2D eigenvalue weighted by atomic mass is 10.0. The molecule has 2 rings (SSSR count). The fourth-order valence-electron chi connectivity index (χ4n) is 2.98. The average Bonchev–Trinajstić information content (AvgIpc) is 2.95. The van der Waals surface area contributed by atoms with Crippen molar-refractivity contribution in [3.8, 4) is 0 Å². The molecule has 1 aromatic rings. The molecule has 0 unspecified atom stereocenters. The molecule has 0 spiro atoms. The summed E-state index contributed by atoms with van der Waals surface area (Å²) in [5.74, 6) is -0.0781. The smallest absolute Gasteiger partial charge is 0.270 e. The first kappa shape index (κ1) is 15.4. The summed E-state index contributed by atoms with van der Waals surface area (Å²) in [5.41, 5.74) is -0.114. The van der Waals surface area contributed by atoms with Crippen molar-refractivity contribution in [1.82, 2.24) is 9.47 Å². The van der Waals surface area contributed by atoms with Crippen LogP contribution in [0.2, 0.25) is 5.02 Å². The van der Waals surface area contributed by atoms with E-state index in [9.17, 15) is 9.90 Å². The first-order valence-electron chi connectivity index (χ1n) is 7.29. The summed E-state index contributed by atoms with van der Waals surface area (Å²) in [6.07, 6.45) is 6.37. The number of aryl methyl sites for hydroxylation is 1. The fourth-order valence-corrected chi connectivity index (χ4v) is 3.20. The van der Waals surface area contributed by atoms with Gasteiger partial charge >= 0.3 is 0 Å². The van der Waals surface area contributed by atoms with E-state index in [4.69, 9.17) is 11.6 Å². The largest absolute Gasteiger partial charge is 0.388 e. The Labute approximate surface area is 125 Å². The number of rotatable bonds is 5. The molecule has 0 atom stereocenters. The van der Waals surface area contributed by atoms with E-state index in [0.717, 1.165) is 38.6 Å². The molecule has 1 heterocycles. The second-order valence-corrected chi connectivity index (χ2v) is 6.27. The fraction of sp³-hybridized carbons (Fsp3) is 0.667. The highest BCUT2D eigenvalue weighted by atomic mass is 35.5. The molecule has 1 amide bonds. The van der Waals surface area contributed by atoms with Crippen molar-refractivity contribution < 1.29 is 9.90 Å². The van der Waals surface area contributed by atoms with E-state index >= 15 is 0 Å². The molecule has 1 saturated carbocycles. The maximum atomic E-state index is 12.5. The summed E-state index contributed by atoms with van der Waals surface area (Å²) in [6.45, 7) is 3.22. The predicted molar refractivity (Wildman–Crippen MR) is 80.1 cm³/mol. The van der Waals surface area contributed by atoms with Crippen molar-refractivity contribution >= 4 is 17.5 Å². The van der Waals surface area contributed by atoms with Crippen LogP contribution in [-0.4, -0.2) is 39.7 Å². The molecule has 0 aliphatic heterocycles. The van der Waals surface area contributed by atoms with Gasteiger partial charge in [0.1, 0.15) is 5.69 Å². The number of hydrogen-bond donors (Lipinski definition) is 1. The standard InChI is InChI=1S/C15H23ClN2O2/c1-3-8-18-10-12(16)9-13(18)14(19)17(2)11-15(20)6-4-5-7-15/h9-10,20H,3-8,11H2,1-2H3. The second kappa shape index (κ2) is 6.19. The molecule has 20 heavy (non-hydrogen) atoms. The number of aromatic nitrogens is 1. The van der Waals surface area contributed by atoms with Crippen LogP contribution in [0.1, 0.15) is 49.5 Å². The zero-order valence-electron chi connectivity index (χ0n) is 12.2. The minimum Gasteiger partial charge on any atom is -0.388 e. The van der Waals surface area contributed by atoms with E-state index in [-0.39, 0.29) is 5.91 Å². The molecule has 5 heteroatoms. The van der Waals surface area contributed by atoms with Crippen molar-refractivity contribution in [1.29, 1.82) is 0 Å². The number of likely N-dealkylation sites (N-methyl/N-ethyl adjacent to an activating group) is 1.